The first-order valence-corrected chi connectivity index (χ1v) is 25.6. The predicted molar refractivity (Wildman–Crippen MR) is 284 cm³/mol. The van der Waals surface area contributed by atoms with Crippen LogP contribution in [-0.4, -0.2) is 84.0 Å². The Kier molecular flexibility index (Phi) is 15.7. The van der Waals surface area contributed by atoms with Crippen LogP contribution in [-0.2, 0) is 24.0 Å². The van der Waals surface area contributed by atoms with Crippen LogP contribution < -0.4 is 34.1 Å². The van der Waals surface area contributed by atoms with E-state index in [0.29, 0.717) is 30.4 Å². The molecule has 3 aliphatic carbocycles. The molecule has 77 heavy (non-hydrogen) atoms. The first-order chi connectivity index (χ1) is 36.1. The lowest BCUT2D eigenvalue weighted by atomic mass is 9.61. The molecule has 0 bridgehead atoms. The molecule has 2 aromatic heterocycles. The Morgan fingerprint density at radius 2 is 0.857 bits per heavy atom. The minimum atomic E-state index is -1.18. The van der Waals surface area contributed by atoms with E-state index in [1.807, 2.05) is 55.4 Å². The molecule has 3 fully saturated rings. The molecule has 6 unspecified atom stereocenters. The molecule has 3 aliphatic rings. The normalized spacial score (nSPS) is 26.4. The third-order valence-electron chi connectivity index (χ3n) is 16.0. The molecule has 2 aromatic carbocycles. The molecule has 0 amide bonds. The zero-order valence-corrected chi connectivity index (χ0v) is 45.3. The van der Waals surface area contributed by atoms with Crippen molar-refractivity contribution in [2.24, 2.45) is 57.5 Å². The fourth-order valence-corrected chi connectivity index (χ4v) is 14.2. The smallest absolute Gasteiger partial charge is 0.247 e. The number of isocyanates is 5. The summed E-state index contributed by atoms with van der Waals surface area (Å²) in [4.78, 5) is 170. The lowest BCUT2D eigenvalue weighted by molar-refractivity contribution is 0.0464. The van der Waals surface area contributed by atoms with Crippen LogP contribution in [0.15, 0.2) is 90.1 Å². The van der Waals surface area contributed by atoms with Crippen molar-refractivity contribution in [2.45, 2.75) is 145 Å². The Bertz CT molecular complexity index is 3640. The minimum absolute atomic E-state index is 0.0354. The van der Waals surface area contributed by atoms with Gasteiger partial charge in [0.2, 0.25) is 30.4 Å². The van der Waals surface area contributed by atoms with E-state index in [0.717, 1.165) is 27.4 Å². The van der Waals surface area contributed by atoms with Crippen LogP contribution in [0.4, 0.5) is 5.69 Å². The van der Waals surface area contributed by atoms with Crippen molar-refractivity contribution in [3.05, 3.63) is 110 Å². The molecule has 2 heterocycles. The van der Waals surface area contributed by atoms with Crippen molar-refractivity contribution in [1.29, 1.82) is 0 Å². The second-order valence-electron chi connectivity index (χ2n) is 24.8. The van der Waals surface area contributed by atoms with Gasteiger partial charge >= 0.3 is 34.1 Å². The van der Waals surface area contributed by atoms with E-state index in [2.05, 4.69) is 25.0 Å². The number of carbonyl (C=O) groups excluding carboxylic acids is 5. The van der Waals surface area contributed by atoms with Crippen LogP contribution in [0.3, 0.4) is 0 Å². The van der Waals surface area contributed by atoms with E-state index in [-0.39, 0.29) is 87.5 Å². The highest BCUT2D eigenvalue weighted by atomic mass is 16.2. The van der Waals surface area contributed by atoms with E-state index < -0.39 is 84.8 Å². The Morgan fingerprint density at radius 3 is 1.30 bits per heavy atom. The average Bonchev–Trinajstić information content (AvgIpc) is 3.38. The lowest BCUT2D eigenvalue weighted by Gasteiger charge is -2.47. The summed E-state index contributed by atoms with van der Waals surface area (Å²) < 4.78 is 5.38. The fourth-order valence-electron chi connectivity index (χ4n) is 14.2. The maximum Gasteiger partial charge on any atom is 0.345 e. The molecular weight excluding hydrogens is 991 g/mol. The van der Waals surface area contributed by atoms with Crippen LogP contribution in [0.5, 0.6) is 0 Å². The Labute approximate surface area is 442 Å². The second-order valence-corrected chi connectivity index (χ2v) is 24.8. The van der Waals surface area contributed by atoms with Crippen LogP contribution in [0.25, 0.3) is 17.1 Å². The first-order valence-electron chi connectivity index (χ1n) is 25.6. The number of benzene rings is 2. The molecule has 6 atom stereocenters. The SMILES string of the molecule is Cc1ccc(-n2c(=O)n(-c3c(C)cccc3N=C=O)c(=O)n(C3CC(C)(C)CC(C)(CN=C=O)C3)c2=O)cc1-n1c(=O)n(C2CC(C)(C)CC(C)(CN=C=O)C2)c(=O)n(C2CC(C)(CN=C=O)CC(C)(CN=C=O)C2)c1=O. The highest BCUT2D eigenvalue weighted by Crippen LogP contribution is 2.53. The van der Waals surface area contributed by atoms with Crippen LogP contribution >= 0.6 is 0 Å². The fraction of sp³-hybridized carbons (Fsp3) is 0.582. The van der Waals surface area contributed by atoms with Crippen LogP contribution in [0.2, 0.25) is 0 Å². The molecule has 22 nitrogen and oxygen atoms in total. The zero-order chi connectivity index (χ0) is 56.6. The summed E-state index contributed by atoms with van der Waals surface area (Å²) in [6, 6.07) is 6.00. The summed E-state index contributed by atoms with van der Waals surface area (Å²) >= 11 is 0. The van der Waals surface area contributed by atoms with Crippen molar-refractivity contribution in [1.82, 2.24) is 27.4 Å². The summed E-state index contributed by atoms with van der Waals surface area (Å²) in [6.07, 6.45) is 10.4. The van der Waals surface area contributed by atoms with Crippen molar-refractivity contribution in [3.8, 4) is 17.1 Å². The van der Waals surface area contributed by atoms with Gasteiger partial charge in [-0.3, -0.25) is 0 Å². The molecule has 0 spiro atoms. The number of nitrogens with zero attached hydrogens (tertiary/aromatic N) is 11. The highest BCUT2D eigenvalue weighted by Gasteiger charge is 2.48. The number of rotatable bonds is 15. The Morgan fingerprint density at radius 1 is 0.455 bits per heavy atom. The van der Waals surface area contributed by atoms with Gasteiger partial charge in [0.25, 0.3) is 0 Å². The quantitative estimate of drug-likeness (QED) is 0.101. The monoisotopic (exact) mass is 1060 g/mol. The molecule has 4 aromatic rings. The molecule has 406 valence electrons. The van der Waals surface area contributed by atoms with Crippen molar-refractivity contribution in [2.75, 3.05) is 26.2 Å². The third-order valence-corrected chi connectivity index (χ3v) is 16.0. The Hall–Kier alpha value is -7.84. The number of aryl methyl sites for hydroxylation is 2. The molecule has 0 saturated heterocycles. The number of hydrogen-bond acceptors (Lipinski definition) is 16. The first kappa shape index (κ1) is 56.9. The van der Waals surface area contributed by atoms with E-state index in [1.165, 1.54) is 30.3 Å². The predicted octanol–water partition coefficient (Wildman–Crippen LogP) is 5.80. The highest BCUT2D eigenvalue weighted by molar-refractivity contribution is 5.64. The van der Waals surface area contributed by atoms with E-state index in [4.69, 9.17) is 0 Å². The van der Waals surface area contributed by atoms with Gasteiger partial charge in [0, 0.05) is 18.1 Å². The molecular formula is C55H65N11O11. The maximum atomic E-state index is 15.6. The summed E-state index contributed by atoms with van der Waals surface area (Å²) in [6.45, 7) is 18.5. The molecule has 0 N–H and O–H groups in total. The number of hydrogen-bond donors (Lipinski definition) is 0. The van der Waals surface area contributed by atoms with Gasteiger partial charge in [-0.2, -0.15) is 4.99 Å². The summed E-state index contributed by atoms with van der Waals surface area (Å²) in [5.74, 6) is 0. The molecule has 22 heteroatoms. The number of para-hydroxylation sites is 1. The van der Waals surface area contributed by atoms with Crippen molar-refractivity contribution < 1.29 is 24.0 Å². The van der Waals surface area contributed by atoms with E-state index in [1.54, 1.807) is 50.3 Å². The van der Waals surface area contributed by atoms with Gasteiger partial charge in [-0.25, -0.2) is 100 Å². The van der Waals surface area contributed by atoms with Crippen molar-refractivity contribution in [3.63, 3.8) is 0 Å². The van der Waals surface area contributed by atoms with Gasteiger partial charge in [-0.1, -0.05) is 73.6 Å². The number of aliphatic imine (C=N–C) groups is 5. The lowest BCUT2D eigenvalue weighted by Crippen LogP contribution is -2.59. The maximum absolute atomic E-state index is 15.6. The molecule has 7 rings (SSSR count). The van der Waals surface area contributed by atoms with Gasteiger partial charge in [0.05, 0.1) is 43.2 Å². The summed E-state index contributed by atoms with van der Waals surface area (Å²) in [5.41, 5.74) is -10.5. The van der Waals surface area contributed by atoms with Crippen molar-refractivity contribution >= 4 is 36.1 Å². The average molecular weight is 1060 g/mol. The van der Waals surface area contributed by atoms with Crippen LogP contribution in [0.1, 0.15) is 142 Å². The number of aromatic nitrogens is 6. The van der Waals surface area contributed by atoms with E-state index in [9.17, 15) is 24.0 Å². The van der Waals surface area contributed by atoms with Gasteiger partial charge < -0.3 is 0 Å². The zero-order valence-electron chi connectivity index (χ0n) is 45.3. The summed E-state index contributed by atoms with van der Waals surface area (Å²) in [5, 5.41) is 0. The third kappa shape index (κ3) is 11.3. The topological polar surface area (TPSA) is 279 Å². The van der Waals surface area contributed by atoms with Crippen LogP contribution in [0, 0.1) is 46.3 Å². The van der Waals surface area contributed by atoms with Gasteiger partial charge in [-0.05, 0) is 133 Å². The van der Waals surface area contributed by atoms with Gasteiger partial charge in [-0.15, -0.1) is 0 Å². The van der Waals surface area contributed by atoms with E-state index >= 15 is 28.8 Å². The summed E-state index contributed by atoms with van der Waals surface area (Å²) in [7, 11) is 0. The van der Waals surface area contributed by atoms with Gasteiger partial charge in [0.1, 0.15) is 5.69 Å². The van der Waals surface area contributed by atoms with Gasteiger partial charge in [0.15, 0.2) is 0 Å². The second kappa shape index (κ2) is 21.3. The Balaban J connectivity index is 1.59. The minimum Gasteiger partial charge on any atom is -0.247 e. The molecule has 3 saturated carbocycles. The molecule has 0 aliphatic heterocycles. The standard InChI is InChI=1S/C55H65N11O11/c1-35-14-15-37(61-44(72)63(39-18-51(5,6)24-53(8,20-39)27-57-31-68)49(77)66(48(61)76)43-36(2)12-11-13-41(43)60-34-71)16-42(35)65-46(74)62(38-17-50(3,4)23-52(7,19-38)26-56-30-67)45(73)64(47(65)75)40-21-54(9,28-58-32-69)25-55(10,22-40)29-59-33-70/h11-16,38-40H,17-29H2,1-10H3. The molecule has 0 radical (unpaired) electrons. The largest absolute Gasteiger partial charge is 0.345 e.